The maximum absolute atomic E-state index is 12.3. The van der Waals surface area contributed by atoms with E-state index in [-0.39, 0.29) is 5.91 Å². The second-order valence-electron chi connectivity index (χ2n) is 4.40. The number of thiophene rings is 1. The summed E-state index contributed by atoms with van der Waals surface area (Å²) in [5.41, 5.74) is 8.82. The third-order valence-electron chi connectivity index (χ3n) is 3.27. The van der Waals surface area contributed by atoms with Crippen molar-refractivity contribution in [3.63, 3.8) is 0 Å². The molecule has 2 heterocycles. The Kier molecular flexibility index (Phi) is 2.80. The lowest BCUT2D eigenvalue weighted by atomic mass is 10.1. The number of carbonyl (C=O) groups excluding carboxylic acids is 1. The van der Waals surface area contributed by atoms with E-state index in [0.717, 1.165) is 34.8 Å². The number of nitrogens with two attached hydrogens (primary N) is 1. The predicted molar refractivity (Wildman–Crippen MR) is 74.9 cm³/mol. The minimum atomic E-state index is 0.154. The lowest BCUT2D eigenvalue weighted by molar-refractivity contribution is -0.117. The van der Waals surface area contributed by atoms with Crippen LogP contribution in [0.4, 0.5) is 11.4 Å². The average molecular weight is 258 g/mol. The van der Waals surface area contributed by atoms with Gasteiger partial charge in [0, 0.05) is 28.4 Å². The summed E-state index contributed by atoms with van der Waals surface area (Å²) in [7, 11) is 0. The van der Waals surface area contributed by atoms with Gasteiger partial charge in [-0.25, -0.2) is 0 Å². The van der Waals surface area contributed by atoms with Crippen LogP contribution in [-0.2, 0) is 17.6 Å². The largest absolute Gasteiger partial charge is 0.398 e. The summed E-state index contributed by atoms with van der Waals surface area (Å²) in [5, 5.41) is 2.00. The Morgan fingerprint density at radius 1 is 1.33 bits per heavy atom. The highest BCUT2D eigenvalue weighted by molar-refractivity contribution is 7.10. The summed E-state index contributed by atoms with van der Waals surface area (Å²) in [6.45, 7) is 0.744. The Hall–Kier alpha value is -1.81. The number of nitrogens with zero attached hydrogens (tertiary/aromatic N) is 1. The summed E-state index contributed by atoms with van der Waals surface area (Å²) < 4.78 is 0. The van der Waals surface area contributed by atoms with Crippen molar-refractivity contribution in [3.05, 3.63) is 46.2 Å². The zero-order valence-corrected chi connectivity index (χ0v) is 10.7. The van der Waals surface area contributed by atoms with Crippen LogP contribution in [0.2, 0.25) is 0 Å². The minimum absolute atomic E-state index is 0.154. The van der Waals surface area contributed by atoms with Crippen molar-refractivity contribution >= 4 is 28.6 Å². The molecule has 0 spiro atoms. The van der Waals surface area contributed by atoms with Gasteiger partial charge in [-0.1, -0.05) is 12.1 Å². The lowest BCUT2D eigenvalue weighted by Crippen LogP contribution is -2.30. The first-order valence-corrected chi connectivity index (χ1v) is 6.84. The van der Waals surface area contributed by atoms with E-state index in [9.17, 15) is 4.79 Å². The fourth-order valence-electron chi connectivity index (χ4n) is 2.38. The highest BCUT2D eigenvalue weighted by atomic mass is 32.1. The van der Waals surface area contributed by atoms with Crippen LogP contribution in [0.3, 0.4) is 0 Å². The highest BCUT2D eigenvalue weighted by Gasteiger charge is 2.25. The maximum atomic E-state index is 12.3. The molecular formula is C14H14N2OS. The van der Waals surface area contributed by atoms with Crippen LogP contribution in [0, 0.1) is 0 Å². The molecule has 4 heteroatoms. The van der Waals surface area contributed by atoms with E-state index < -0.39 is 0 Å². The molecule has 1 aromatic carbocycles. The van der Waals surface area contributed by atoms with Crippen LogP contribution >= 0.6 is 11.3 Å². The molecule has 0 radical (unpaired) electrons. The van der Waals surface area contributed by atoms with Gasteiger partial charge in [0.2, 0.25) is 5.91 Å². The molecule has 1 aliphatic heterocycles. The van der Waals surface area contributed by atoms with Crippen LogP contribution in [-0.4, -0.2) is 12.5 Å². The normalized spacial score (nSPS) is 13.7. The van der Waals surface area contributed by atoms with Crippen LogP contribution in [0.5, 0.6) is 0 Å². The van der Waals surface area contributed by atoms with Gasteiger partial charge >= 0.3 is 0 Å². The Morgan fingerprint density at radius 3 is 3.00 bits per heavy atom. The van der Waals surface area contributed by atoms with Crippen molar-refractivity contribution in [3.8, 4) is 0 Å². The number of benzene rings is 1. The van der Waals surface area contributed by atoms with Crippen molar-refractivity contribution in [1.82, 2.24) is 0 Å². The zero-order chi connectivity index (χ0) is 12.5. The second-order valence-corrected chi connectivity index (χ2v) is 5.43. The van der Waals surface area contributed by atoms with Crippen LogP contribution in [0.1, 0.15) is 10.4 Å². The standard InChI is InChI=1S/C14H14N2OS/c15-12-4-1-5-13-11(12)6-7-16(13)14(17)9-10-3-2-8-18-10/h1-5,8H,6-7,9,15H2. The number of fused-ring (bicyclic) bond motifs is 1. The molecule has 3 nitrogen and oxygen atoms in total. The predicted octanol–water partition coefficient (Wildman–Crippen LogP) is 2.46. The number of anilines is 2. The van der Waals surface area contributed by atoms with Crippen molar-refractivity contribution in [2.75, 3.05) is 17.2 Å². The molecule has 2 aromatic rings. The first-order valence-electron chi connectivity index (χ1n) is 5.96. The van der Waals surface area contributed by atoms with Gasteiger partial charge in [0.05, 0.1) is 6.42 Å². The van der Waals surface area contributed by atoms with Crippen LogP contribution in [0.15, 0.2) is 35.7 Å². The third-order valence-corrected chi connectivity index (χ3v) is 4.15. The average Bonchev–Trinajstić information content (AvgIpc) is 2.98. The fourth-order valence-corrected chi connectivity index (χ4v) is 3.07. The van der Waals surface area contributed by atoms with Gasteiger partial charge < -0.3 is 10.6 Å². The lowest BCUT2D eigenvalue weighted by Gasteiger charge is -2.17. The molecule has 1 aliphatic rings. The fraction of sp³-hybridized carbons (Fsp3) is 0.214. The molecule has 3 rings (SSSR count). The molecule has 92 valence electrons. The number of hydrogen-bond donors (Lipinski definition) is 1. The van der Waals surface area contributed by atoms with E-state index in [4.69, 9.17) is 5.73 Å². The van der Waals surface area contributed by atoms with Gasteiger partial charge in [-0.05, 0) is 30.0 Å². The molecule has 0 unspecified atom stereocenters. The van der Waals surface area contributed by atoms with Crippen molar-refractivity contribution in [2.24, 2.45) is 0 Å². The van der Waals surface area contributed by atoms with Crippen molar-refractivity contribution in [2.45, 2.75) is 12.8 Å². The van der Waals surface area contributed by atoms with Crippen LogP contribution in [0.25, 0.3) is 0 Å². The van der Waals surface area contributed by atoms with E-state index in [1.165, 1.54) is 0 Å². The third kappa shape index (κ3) is 1.88. The molecule has 0 fully saturated rings. The molecule has 2 N–H and O–H groups in total. The van der Waals surface area contributed by atoms with E-state index >= 15 is 0 Å². The molecule has 0 atom stereocenters. The first-order chi connectivity index (χ1) is 8.75. The number of amides is 1. The minimum Gasteiger partial charge on any atom is -0.398 e. The molecule has 1 aromatic heterocycles. The van der Waals surface area contributed by atoms with E-state index in [0.29, 0.717) is 6.42 Å². The maximum Gasteiger partial charge on any atom is 0.232 e. The molecule has 0 aliphatic carbocycles. The summed E-state index contributed by atoms with van der Waals surface area (Å²) in [6.07, 6.45) is 1.34. The van der Waals surface area contributed by atoms with Gasteiger partial charge in [-0.2, -0.15) is 0 Å². The van der Waals surface area contributed by atoms with Crippen molar-refractivity contribution < 1.29 is 4.79 Å². The highest BCUT2D eigenvalue weighted by Crippen LogP contribution is 2.32. The first kappa shape index (κ1) is 11.3. The molecule has 0 saturated carbocycles. The zero-order valence-electron chi connectivity index (χ0n) is 9.93. The van der Waals surface area contributed by atoms with Gasteiger partial charge in [-0.15, -0.1) is 11.3 Å². The number of rotatable bonds is 2. The second kappa shape index (κ2) is 4.46. The van der Waals surface area contributed by atoms with Gasteiger partial charge in [0.15, 0.2) is 0 Å². The molecule has 0 saturated heterocycles. The van der Waals surface area contributed by atoms with Gasteiger partial charge in [-0.3, -0.25) is 4.79 Å². The number of nitrogen functional groups attached to an aromatic ring is 1. The van der Waals surface area contributed by atoms with E-state index in [1.807, 2.05) is 40.6 Å². The van der Waals surface area contributed by atoms with E-state index in [1.54, 1.807) is 11.3 Å². The van der Waals surface area contributed by atoms with Gasteiger partial charge in [0.1, 0.15) is 0 Å². The Morgan fingerprint density at radius 2 is 2.22 bits per heavy atom. The summed E-state index contributed by atoms with van der Waals surface area (Å²) in [6, 6.07) is 9.75. The molecular weight excluding hydrogens is 244 g/mol. The Bertz CT molecular complexity index is 577. The molecule has 1 amide bonds. The quantitative estimate of drug-likeness (QED) is 0.841. The number of carbonyl (C=O) groups is 1. The Labute approximate surface area is 110 Å². The smallest absolute Gasteiger partial charge is 0.232 e. The monoisotopic (exact) mass is 258 g/mol. The summed E-state index contributed by atoms with van der Waals surface area (Å²) in [5.74, 6) is 0.154. The van der Waals surface area contributed by atoms with Crippen molar-refractivity contribution in [1.29, 1.82) is 0 Å². The van der Waals surface area contributed by atoms with Gasteiger partial charge in [0.25, 0.3) is 0 Å². The van der Waals surface area contributed by atoms with Crippen LogP contribution < -0.4 is 10.6 Å². The topological polar surface area (TPSA) is 46.3 Å². The molecule has 18 heavy (non-hydrogen) atoms. The summed E-state index contributed by atoms with van der Waals surface area (Å²) in [4.78, 5) is 15.2. The molecule has 0 bridgehead atoms. The summed E-state index contributed by atoms with van der Waals surface area (Å²) >= 11 is 1.62. The Balaban J connectivity index is 1.84. The SMILES string of the molecule is Nc1cccc2c1CCN2C(=O)Cc1cccs1. The van der Waals surface area contributed by atoms with E-state index in [2.05, 4.69) is 0 Å². The number of hydrogen-bond acceptors (Lipinski definition) is 3.